The van der Waals surface area contributed by atoms with Crippen LogP contribution in [-0.4, -0.2) is 40.3 Å². The maximum atomic E-state index is 12.5. The fraction of sp³-hybridized carbons (Fsp3) is 0.385. The second-order valence-corrected chi connectivity index (χ2v) is 5.60. The molecule has 0 atom stereocenters. The van der Waals surface area contributed by atoms with Gasteiger partial charge >= 0.3 is 0 Å². The third-order valence-electron chi connectivity index (χ3n) is 3.49. The Bertz CT molecular complexity index is 630. The largest absolute Gasteiger partial charge is 0.352 e. The van der Waals surface area contributed by atoms with Crippen molar-refractivity contribution in [3.63, 3.8) is 0 Å². The molecule has 0 bridgehead atoms. The minimum atomic E-state index is -1.01. The average molecular weight is 312 g/mol. The lowest BCUT2D eigenvalue weighted by molar-refractivity contribution is -0.384. The highest BCUT2D eigenvalue weighted by Gasteiger charge is 2.40. The van der Waals surface area contributed by atoms with Gasteiger partial charge in [0, 0.05) is 24.7 Å². The van der Waals surface area contributed by atoms with Crippen LogP contribution in [0.15, 0.2) is 18.2 Å². The van der Waals surface area contributed by atoms with Crippen molar-refractivity contribution in [2.24, 2.45) is 0 Å². The summed E-state index contributed by atoms with van der Waals surface area (Å²) in [5, 5.41) is 13.5. The number of nitrogens with zero attached hydrogens (tertiary/aromatic N) is 2. The van der Waals surface area contributed by atoms with Gasteiger partial charge in [0.15, 0.2) is 0 Å². The minimum Gasteiger partial charge on any atom is -0.352 e. The Morgan fingerprint density at radius 3 is 2.76 bits per heavy atom. The predicted molar refractivity (Wildman–Crippen MR) is 76.2 cm³/mol. The highest BCUT2D eigenvalue weighted by atomic mass is 35.5. The van der Waals surface area contributed by atoms with Gasteiger partial charge in [0.05, 0.1) is 4.92 Å². The summed E-state index contributed by atoms with van der Waals surface area (Å²) in [6.07, 6.45) is 0. The van der Waals surface area contributed by atoms with Gasteiger partial charge in [-0.05, 0) is 26.0 Å². The normalized spacial score (nSPS) is 17.3. The van der Waals surface area contributed by atoms with Crippen molar-refractivity contribution in [1.82, 2.24) is 10.2 Å². The number of nitro benzene ring substituents is 1. The quantitative estimate of drug-likeness (QED) is 0.663. The molecule has 0 aliphatic carbocycles. The molecule has 112 valence electrons. The number of halogens is 1. The topological polar surface area (TPSA) is 92.6 Å². The van der Waals surface area contributed by atoms with E-state index in [9.17, 15) is 19.7 Å². The van der Waals surface area contributed by atoms with Crippen LogP contribution in [0.25, 0.3) is 0 Å². The molecule has 7 nitrogen and oxygen atoms in total. The summed E-state index contributed by atoms with van der Waals surface area (Å²) in [6.45, 7) is 3.95. The summed E-state index contributed by atoms with van der Waals surface area (Å²) in [6, 6.07) is 3.86. The Kier molecular flexibility index (Phi) is 3.87. The monoisotopic (exact) mass is 311 g/mol. The van der Waals surface area contributed by atoms with E-state index in [0.717, 1.165) is 6.07 Å². The lowest BCUT2D eigenvalue weighted by atomic mass is 9.97. The van der Waals surface area contributed by atoms with Crippen LogP contribution >= 0.6 is 11.6 Å². The number of hydrogen-bond acceptors (Lipinski definition) is 4. The number of benzene rings is 1. The van der Waals surface area contributed by atoms with Crippen LogP contribution < -0.4 is 5.32 Å². The van der Waals surface area contributed by atoms with Crippen LogP contribution in [0.4, 0.5) is 5.69 Å². The van der Waals surface area contributed by atoms with E-state index in [0.29, 0.717) is 13.1 Å². The van der Waals surface area contributed by atoms with Gasteiger partial charge in [-0.3, -0.25) is 19.7 Å². The Labute approximate surface area is 126 Å². The number of amides is 2. The van der Waals surface area contributed by atoms with Crippen LogP contribution in [0.3, 0.4) is 0 Å². The van der Waals surface area contributed by atoms with Gasteiger partial charge in [0.2, 0.25) is 5.91 Å². The number of hydrogen-bond donors (Lipinski definition) is 1. The van der Waals surface area contributed by atoms with Crippen LogP contribution in [0.1, 0.15) is 24.2 Å². The molecular formula is C13H14ClN3O4. The van der Waals surface area contributed by atoms with E-state index < -0.39 is 16.4 Å². The Balaban J connectivity index is 2.38. The predicted octanol–water partition coefficient (Wildman–Crippen LogP) is 1.60. The first kappa shape index (κ1) is 15.2. The van der Waals surface area contributed by atoms with Crippen molar-refractivity contribution in [1.29, 1.82) is 0 Å². The Hall–Kier alpha value is -2.15. The van der Waals surface area contributed by atoms with Crippen molar-refractivity contribution >= 4 is 29.1 Å². The molecule has 21 heavy (non-hydrogen) atoms. The summed E-state index contributed by atoms with van der Waals surface area (Å²) in [5.41, 5.74) is -1.21. The first-order chi connectivity index (χ1) is 9.75. The Morgan fingerprint density at radius 1 is 1.48 bits per heavy atom. The molecule has 2 rings (SSSR count). The number of carbonyl (C=O) groups excluding carboxylic acids is 2. The summed E-state index contributed by atoms with van der Waals surface area (Å²) >= 11 is 5.73. The molecule has 0 saturated carbocycles. The molecule has 2 amide bonds. The number of piperazine rings is 1. The van der Waals surface area contributed by atoms with Gasteiger partial charge in [-0.1, -0.05) is 11.6 Å². The third-order valence-corrected chi connectivity index (χ3v) is 3.81. The van der Waals surface area contributed by atoms with Crippen molar-refractivity contribution in [3.05, 3.63) is 38.9 Å². The smallest absolute Gasteiger partial charge is 0.288 e. The highest BCUT2D eigenvalue weighted by Crippen LogP contribution is 2.27. The molecule has 1 aromatic rings. The molecule has 1 heterocycles. The maximum absolute atomic E-state index is 12.5. The zero-order chi connectivity index (χ0) is 15.8. The zero-order valence-corrected chi connectivity index (χ0v) is 12.3. The molecule has 1 aliphatic heterocycles. The van der Waals surface area contributed by atoms with E-state index in [1.54, 1.807) is 13.8 Å². The fourth-order valence-electron chi connectivity index (χ4n) is 2.20. The first-order valence-corrected chi connectivity index (χ1v) is 6.67. The number of carbonyl (C=O) groups is 2. The van der Waals surface area contributed by atoms with E-state index in [2.05, 4.69) is 5.32 Å². The Morgan fingerprint density at radius 2 is 2.14 bits per heavy atom. The number of rotatable bonds is 2. The van der Waals surface area contributed by atoms with E-state index in [4.69, 9.17) is 11.6 Å². The number of nitrogens with one attached hydrogen (secondary N) is 1. The highest BCUT2D eigenvalue weighted by molar-refractivity contribution is 6.32. The molecule has 1 aliphatic rings. The minimum absolute atomic E-state index is 0.0350. The summed E-state index contributed by atoms with van der Waals surface area (Å²) in [7, 11) is 0. The molecular weight excluding hydrogens is 298 g/mol. The molecule has 0 radical (unpaired) electrons. The zero-order valence-electron chi connectivity index (χ0n) is 11.6. The second-order valence-electron chi connectivity index (χ2n) is 5.20. The van der Waals surface area contributed by atoms with E-state index in [1.807, 2.05) is 0 Å². The molecule has 1 fully saturated rings. The van der Waals surface area contributed by atoms with Gasteiger partial charge in [0.1, 0.15) is 10.6 Å². The van der Waals surface area contributed by atoms with Crippen LogP contribution in [0.2, 0.25) is 5.02 Å². The fourth-order valence-corrected chi connectivity index (χ4v) is 2.38. The molecule has 1 aromatic carbocycles. The SMILES string of the molecule is CC1(C)C(=O)NCCN1C(=O)c1ccc(Cl)c([N+](=O)[O-])c1. The van der Waals surface area contributed by atoms with Gasteiger partial charge < -0.3 is 10.2 Å². The van der Waals surface area contributed by atoms with Gasteiger partial charge in [-0.25, -0.2) is 0 Å². The van der Waals surface area contributed by atoms with Crippen molar-refractivity contribution in [2.45, 2.75) is 19.4 Å². The van der Waals surface area contributed by atoms with Gasteiger partial charge in [0.25, 0.3) is 11.6 Å². The molecule has 0 spiro atoms. The van der Waals surface area contributed by atoms with Gasteiger partial charge in [-0.15, -0.1) is 0 Å². The van der Waals surface area contributed by atoms with Crippen LogP contribution in [0, 0.1) is 10.1 Å². The van der Waals surface area contributed by atoms with Crippen molar-refractivity contribution in [3.8, 4) is 0 Å². The lowest BCUT2D eigenvalue weighted by Crippen LogP contribution is -2.63. The van der Waals surface area contributed by atoms with Crippen LogP contribution in [0.5, 0.6) is 0 Å². The maximum Gasteiger partial charge on any atom is 0.288 e. The summed E-state index contributed by atoms with van der Waals surface area (Å²) in [5.74, 6) is -0.694. The molecule has 1 N–H and O–H groups in total. The van der Waals surface area contributed by atoms with E-state index >= 15 is 0 Å². The van der Waals surface area contributed by atoms with E-state index in [-0.39, 0.29) is 22.2 Å². The standard InChI is InChI=1S/C13H14ClN3O4/c1-13(2)12(19)15-5-6-16(13)11(18)8-3-4-9(14)10(7-8)17(20)21/h3-4,7H,5-6H2,1-2H3,(H,15,19). The van der Waals surface area contributed by atoms with Gasteiger partial charge in [-0.2, -0.15) is 0 Å². The van der Waals surface area contributed by atoms with Crippen molar-refractivity contribution < 1.29 is 14.5 Å². The number of nitro groups is 1. The van der Waals surface area contributed by atoms with E-state index in [1.165, 1.54) is 17.0 Å². The molecule has 8 heteroatoms. The summed E-state index contributed by atoms with van der Waals surface area (Å²) < 4.78 is 0. The first-order valence-electron chi connectivity index (χ1n) is 6.29. The summed E-state index contributed by atoms with van der Waals surface area (Å²) in [4.78, 5) is 36.0. The third kappa shape index (κ3) is 2.69. The molecule has 0 aromatic heterocycles. The average Bonchev–Trinajstić information content (AvgIpc) is 2.41. The molecule has 1 saturated heterocycles. The van der Waals surface area contributed by atoms with Crippen molar-refractivity contribution in [2.75, 3.05) is 13.1 Å². The van der Waals surface area contributed by atoms with Crippen LogP contribution in [-0.2, 0) is 4.79 Å². The lowest BCUT2D eigenvalue weighted by Gasteiger charge is -2.41. The molecule has 0 unspecified atom stereocenters. The second kappa shape index (κ2) is 5.33.